The molecule has 0 aliphatic heterocycles. The smallest absolute Gasteiger partial charge is 0.462 e. The van der Waals surface area contributed by atoms with Crippen molar-refractivity contribution in [1.82, 2.24) is 0 Å². The molecule has 6 N–H and O–H groups in total. The van der Waals surface area contributed by atoms with Gasteiger partial charge < -0.3 is 39.9 Å². The highest BCUT2D eigenvalue weighted by molar-refractivity contribution is 7.47. The molecule has 8 atom stereocenters. The van der Waals surface area contributed by atoms with Crippen molar-refractivity contribution in [3.63, 3.8) is 0 Å². The van der Waals surface area contributed by atoms with Crippen LogP contribution in [0, 0.1) is 0 Å². The number of rotatable bonds is 44. The first-order valence-corrected chi connectivity index (χ1v) is 27.9. The molecular formula is C53H95O13P. The Morgan fingerprint density at radius 1 is 0.463 bits per heavy atom. The van der Waals surface area contributed by atoms with Crippen molar-refractivity contribution in [2.45, 2.75) is 262 Å². The number of esters is 2. The predicted molar refractivity (Wildman–Crippen MR) is 267 cm³/mol. The Bertz CT molecular complexity index is 1350. The summed E-state index contributed by atoms with van der Waals surface area (Å²) < 4.78 is 33.6. The van der Waals surface area contributed by atoms with Gasteiger partial charge in [0, 0.05) is 12.8 Å². The number of phosphoric acid groups is 1. The molecule has 0 aromatic rings. The van der Waals surface area contributed by atoms with E-state index in [4.69, 9.17) is 18.5 Å². The highest BCUT2D eigenvalue weighted by atomic mass is 31.2. The summed E-state index contributed by atoms with van der Waals surface area (Å²) in [4.78, 5) is 35.8. The number of carbonyl (C=O) groups excluding carboxylic acids is 2. The fourth-order valence-corrected chi connectivity index (χ4v) is 8.90. The Hall–Kier alpha value is -2.19. The lowest BCUT2D eigenvalue weighted by molar-refractivity contribution is -0.220. The number of hydrogen-bond acceptors (Lipinski definition) is 12. The number of aliphatic hydroxyl groups is 5. The first kappa shape index (κ1) is 62.8. The summed E-state index contributed by atoms with van der Waals surface area (Å²) in [6.07, 6.45) is 38.8. The van der Waals surface area contributed by atoms with Crippen molar-refractivity contribution in [3.05, 3.63) is 48.6 Å². The SMILES string of the molecule is CCCCCCCCC/C=C/C/C=C/C/C=C/C/C=C/CCCC(=O)O[C@H](COC(=O)CCCCCCCCCCCCCCCCCCC)COP(=O)(O)OC1C(O)C(O)C(O)[C@@H](O)C1O. The van der Waals surface area contributed by atoms with Gasteiger partial charge in [-0.05, 0) is 51.4 Å². The summed E-state index contributed by atoms with van der Waals surface area (Å²) in [5, 5.41) is 50.3. The summed E-state index contributed by atoms with van der Waals surface area (Å²) >= 11 is 0. The maximum Gasteiger partial charge on any atom is 0.472 e. The zero-order valence-electron chi connectivity index (χ0n) is 41.7. The largest absolute Gasteiger partial charge is 0.472 e. The maximum atomic E-state index is 12.9. The number of hydrogen-bond donors (Lipinski definition) is 6. The van der Waals surface area contributed by atoms with E-state index in [0.29, 0.717) is 19.3 Å². The molecule has 0 heterocycles. The van der Waals surface area contributed by atoms with Crippen LogP contribution in [0.3, 0.4) is 0 Å². The topological polar surface area (TPSA) is 210 Å². The maximum absolute atomic E-state index is 12.9. The molecule has 0 spiro atoms. The van der Waals surface area contributed by atoms with E-state index in [9.17, 15) is 44.6 Å². The number of allylic oxidation sites excluding steroid dienone is 8. The molecular weight excluding hydrogens is 876 g/mol. The van der Waals surface area contributed by atoms with Gasteiger partial charge in [-0.3, -0.25) is 18.6 Å². The lowest BCUT2D eigenvalue weighted by atomic mass is 9.85. The quantitative estimate of drug-likeness (QED) is 0.0145. The zero-order valence-corrected chi connectivity index (χ0v) is 42.6. The van der Waals surface area contributed by atoms with Gasteiger partial charge in [0.1, 0.15) is 43.2 Å². The third kappa shape index (κ3) is 34.7. The third-order valence-electron chi connectivity index (χ3n) is 12.2. The van der Waals surface area contributed by atoms with Crippen LogP contribution in [-0.2, 0) is 32.7 Å². The molecule has 1 aliphatic rings. The summed E-state index contributed by atoms with van der Waals surface area (Å²) in [5.74, 6) is -1.16. The van der Waals surface area contributed by atoms with Crippen LogP contribution in [0.1, 0.15) is 219 Å². The fraction of sp³-hybridized carbons (Fsp3) is 0.811. The second-order valence-electron chi connectivity index (χ2n) is 18.4. The number of aliphatic hydroxyl groups excluding tert-OH is 5. The van der Waals surface area contributed by atoms with Gasteiger partial charge in [-0.2, -0.15) is 0 Å². The molecule has 0 amide bonds. The summed E-state index contributed by atoms with van der Waals surface area (Å²) in [6, 6.07) is 0. The van der Waals surface area contributed by atoms with Gasteiger partial charge >= 0.3 is 19.8 Å². The van der Waals surface area contributed by atoms with E-state index in [1.54, 1.807) is 0 Å². The van der Waals surface area contributed by atoms with Crippen LogP contribution in [0.5, 0.6) is 0 Å². The monoisotopic (exact) mass is 971 g/mol. The second-order valence-corrected chi connectivity index (χ2v) is 19.8. The Balaban J connectivity index is 2.44. The number of unbranched alkanes of at least 4 members (excludes halogenated alkanes) is 24. The van der Waals surface area contributed by atoms with Crippen molar-refractivity contribution < 1.29 is 63.1 Å². The van der Waals surface area contributed by atoms with E-state index in [1.165, 1.54) is 128 Å². The first-order valence-electron chi connectivity index (χ1n) is 26.4. The minimum Gasteiger partial charge on any atom is -0.462 e. The molecule has 13 nitrogen and oxygen atoms in total. The van der Waals surface area contributed by atoms with Gasteiger partial charge in [0.25, 0.3) is 0 Å². The molecule has 390 valence electrons. The fourth-order valence-electron chi connectivity index (χ4n) is 7.93. The van der Waals surface area contributed by atoms with E-state index >= 15 is 0 Å². The lowest BCUT2D eigenvalue weighted by Crippen LogP contribution is -2.64. The molecule has 1 saturated carbocycles. The Kier molecular flexibility index (Phi) is 40.0. The minimum absolute atomic E-state index is 0.0218. The van der Waals surface area contributed by atoms with E-state index in [0.717, 1.165) is 44.9 Å². The van der Waals surface area contributed by atoms with E-state index < -0.39 is 75.7 Å². The van der Waals surface area contributed by atoms with Crippen molar-refractivity contribution in [1.29, 1.82) is 0 Å². The van der Waals surface area contributed by atoms with Crippen LogP contribution in [0.25, 0.3) is 0 Å². The summed E-state index contributed by atoms with van der Waals surface area (Å²) in [7, 11) is -5.14. The third-order valence-corrected chi connectivity index (χ3v) is 13.2. The Morgan fingerprint density at radius 3 is 1.27 bits per heavy atom. The van der Waals surface area contributed by atoms with E-state index in [-0.39, 0.29) is 12.8 Å². The highest BCUT2D eigenvalue weighted by Crippen LogP contribution is 2.47. The molecule has 0 bridgehead atoms. The first-order chi connectivity index (χ1) is 32.4. The van der Waals surface area contributed by atoms with Crippen molar-refractivity contribution in [3.8, 4) is 0 Å². The summed E-state index contributed by atoms with van der Waals surface area (Å²) in [6.45, 7) is 3.28. The van der Waals surface area contributed by atoms with Crippen LogP contribution >= 0.6 is 7.82 Å². The molecule has 14 heteroatoms. The molecule has 0 aromatic carbocycles. The van der Waals surface area contributed by atoms with Gasteiger partial charge in [0.2, 0.25) is 0 Å². The van der Waals surface area contributed by atoms with Crippen LogP contribution in [0.15, 0.2) is 48.6 Å². The van der Waals surface area contributed by atoms with Crippen molar-refractivity contribution in [2.75, 3.05) is 13.2 Å². The van der Waals surface area contributed by atoms with Crippen LogP contribution in [0.2, 0.25) is 0 Å². The van der Waals surface area contributed by atoms with Gasteiger partial charge in [0.15, 0.2) is 6.10 Å². The summed E-state index contributed by atoms with van der Waals surface area (Å²) in [5.41, 5.74) is 0. The highest BCUT2D eigenvalue weighted by Gasteiger charge is 2.51. The van der Waals surface area contributed by atoms with Crippen LogP contribution < -0.4 is 0 Å². The van der Waals surface area contributed by atoms with Gasteiger partial charge in [-0.25, -0.2) is 4.57 Å². The van der Waals surface area contributed by atoms with Crippen LogP contribution in [-0.4, -0.2) is 98.3 Å². The van der Waals surface area contributed by atoms with Crippen molar-refractivity contribution in [2.24, 2.45) is 0 Å². The van der Waals surface area contributed by atoms with Gasteiger partial charge in [0.05, 0.1) is 6.61 Å². The molecule has 0 saturated heterocycles. The Morgan fingerprint density at radius 2 is 0.821 bits per heavy atom. The minimum atomic E-state index is -5.14. The van der Waals surface area contributed by atoms with Gasteiger partial charge in [-0.1, -0.05) is 204 Å². The van der Waals surface area contributed by atoms with Gasteiger partial charge in [-0.15, -0.1) is 0 Å². The standard InChI is InChI=1S/C53H95O13P/c1-3-5-7-9-11-13-15-17-19-21-22-23-24-26-28-30-32-34-36-38-40-42-47(55)65-45(44-64-67(61,62)66-53-51(59)49(57)48(56)50(58)52(53)60)43-63-46(54)41-39-37-35-33-31-29-27-25-20-18-16-14-12-10-8-6-4-2/h19,21,23-24,28,30,34,36,45,48-53,56-60H,3-18,20,22,25-27,29,31-33,35,37-44H2,1-2H3,(H,61,62)/b21-19+,24-23+,30-28+,36-34+/t45-,48?,49-,50?,51?,52?,53?/m1/s1. The lowest BCUT2D eigenvalue weighted by Gasteiger charge is -2.41. The normalized spacial score (nSPS) is 21.5. The van der Waals surface area contributed by atoms with Crippen LogP contribution in [0.4, 0.5) is 0 Å². The number of carbonyl (C=O) groups is 2. The van der Waals surface area contributed by atoms with Crippen molar-refractivity contribution >= 4 is 19.8 Å². The Labute approximate surface area is 405 Å². The van der Waals surface area contributed by atoms with E-state index in [1.807, 2.05) is 12.2 Å². The zero-order chi connectivity index (χ0) is 49.2. The molecule has 1 rings (SSSR count). The molecule has 0 aromatic heterocycles. The number of phosphoric ester groups is 1. The molecule has 0 radical (unpaired) electrons. The predicted octanol–water partition coefficient (Wildman–Crippen LogP) is 11.5. The second kappa shape index (κ2) is 42.7. The average molecular weight is 971 g/mol. The molecule has 1 fully saturated rings. The molecule has 1 aliphatic carbocycles. The average Bonchev–Trinajstić information content (AvgIpc) is 3.31. The molecule has 67 heavy (non-hydrogen) atoms. The van der Waals surface area contributed by atoms with E-state index in [2.05, 4.69) is 50.3 Å². The molecule has 6 unspecified atom stereocenters. The number of ether oxygens (including phenoxy) is 2.